The quantitative estimate of drug-likeness (QED) is 0.323. The Morgan fingerprint density at radius 3 is 2.46 bits per heavy atom. The highest BCUT2D eigenvalue weighted by Gasteiger charge is 2.21. The molecule has 0 aliphatic rings. The molecule has 0 saturated heterocycles. The lowest BCUT2D eigenvalue weighted by atomic mass is 10.3. The van der Waals surface area contributed by atoms with E-state index in [4.69, 9.17) is 40.1 Å². The van der Waals surface area contributed by atoms with Gasteiger partial charge in [0.2, 0.25) is 3.79 Å². The summed E-state index contributed by atoms with van der Waals surface area (Å²) in [5.41, 5.74) is -0.318. The van der Waals surface area contributed by atoms with Crippen molar-refractivity contribution in [2.45, 2.75) is 10.7 Å². The van der Waals surface area contributed by atoms with Crippen molar-refractivity contribution < 1.29 is 9.53 Å². The molecule has 3 nitrogen and oxygen atoms in total. The fourth-order valence-electron chi connectivity index (χ4n) is 0.509. The zero-order valence-electron chi connectivity index (χ0n) is 6.68. The van der Waals surface area contributed by atoms with Gasteiger partial charge in [-0.15, -0.1) is 0 Å². The molecule has 0 aromatic heterocycles. The molecule has 0 aliphatic heterocycles. The van der Waals surface area contributed by atoms with Crippen LogP contribution in [0.25, 0.3) is 0 Å². The average molecular weight is 242 g/mol. The van der Waals surface area contributed by atoms with Gasteiger partial charge in [-0.1, -0.05) is 34.8 Å². The lowest BCUT2D eigenvalue weighted by molar-refractivity contribution is -0.138. The molecule has 0 saturated carbocycles. The van der Waals surface area contributed by atoms with Crippen molar-refractivity contribution in [3.8, 4) is 6.07 Å². The normalized spacial score (nSPS) is 12.1. The summed E-state index contributed by atoms with van der Waals surface area (Å²) in [6, 6.07) is 1.58. The van der Waals surface area contributed by atoms with E-state index in [0.29, 0.717) is 0 Å². The smallest absolute Gasteiger partial charge is 0.348 e. The summed E-state index contributed by atoms with van der Waals surface area (Å²) in [4.78, 5) is 11.0. The van der Waals surface area contributed by atoms with E-state index in [-0.39, 0.29) is 12.2 Å². The average Bonchev–Trinajstić information content (AvgIpc) is 1.99. The molecule has 72 valence electrons. The van der Waals surface area contributed by atoms with Crippen LogP contribution < -0.4 is 0 Å². The summed E-state index contributed by atoms with van der Waals surface area (Å²) in [6.45, 7) is 1.78. The van der Waals surface area contributed by atoms with E-state index in [1.165, 1.54) is 0 Å². The van der Waals surface area contributed by atoms with E-state index >= 15 is 0 Å². The molecule has 0 aromatic rings. The Hall–Kier alpha value is -0.430. The minimum absolute atomic E-state index is 0.164. The minimum Gasteiger partial charge on any atom is -0.462 e. The largest absolute Gasteiger partial charge is 0.462 e. The van der Waals surface area contributed by atoms with Crippen LogP contribution in [0, 0.1) is 11.3 Å². The third-order valence-electron chi connectivity index (χ3n) is 0.924. The molecule has 0 heterocycles. The van der Waals surface area contributed by atoms with Crippen molar-refractivity contribution in [1.82, 2.24) is 0 Å². The van der Waals surface area contributed by atoms with Gasteiger partial charge in [0.1, 0.15) is 11.6 Å². The highest BCUT2D eigenvalue weighted by molar-refractivity contribution is 6.69. The van der Waals surface area contributed by atoms with Crippen LogP contribution in [0.3, 0.4) is 0 Å². The Labute approximate surface area is 90.8 Å². The summed E-state index contributed by atoms with van der Waals surface area (Å²) in [6.07, 6.45) is 0.912. The van der Waals surface area contributed by atoms with Crippen LogP contribution in [-0.2, 0) is 9.53 Å². The van der Waals surface area contributed by atoms with Gasteiger partial charge in [0.15, 0.2) is 0 Å². The highest BCUT2D eigenvalue weighted by atomic mass is 35.6. The topological polar surface area (TPSA) is 50.1 Å². The number of hydrogen-bond donors (Lipinski definition) is 0. The Bertz CT molecular complexity index is 262. The lowest BCUT2D eigenvalue weighted by Crippen LogP contribution is -2.09. The molecule has 0 N–H and O–H groups in total. The monoisotopic (exact) mass is 241 g/mol. The number of allylic oxidation sites excluding steroid dienone is 1. The van der Waals surface area contributed by atoms with Gasteiger partial charge in [-0.25, -0.2) is 4.79 Å². The second-order valence-corrected chi connectivity index (χ2v) is 4.30. The van der Waals surface area contributed by atoms with E-state index in [1.807, 2.05) is 0 Å². The van der Waals surface area contributed by atoms with E-state index in [2.05, 4.69) is 4.74 Å². The van der Waals surface area contributed by atoms with Crippen LogP contribution in [0.4, 0.5) is 0 Å². The Balaban J connectivity index is 4.64. The molecule has 0 atom stereocenters. The fourth-order valence-corrected chi connectivity index (χ4v) is 0.837. The summed E-state index contributed by atoms with van der Waals surface area (Å²) in [5.74, 6) is -0.795. The lowest BCUT2D eigenvalue weighted by Gasteiger charge is -2.04. The van der Waals surface area contributed by atoms with Gasteiger partial charge in [-0.3, -0.25) is 0 Å². The number of hydrogen-bond acceptors (Lipinski definition) is 3. The second-order valence-electron chi connectivity index (χ2n) is 1.93. The minimum atomic E-state index is -1.77. The van der Waals surface area contributed by atoms with E-state index in [1.54, 1.807) is 13.0 Å². The molecule has 0 rings (SSSR count). The summed E-state index contributed by atoms with van der Waals surface area (Å²) in [5, 5.41) is 8.49. The van der Waals surface area contributed by atoms with Crippen LogP contribution in [-0.4, -0.2) is 16.4 Å². The van der Waals surface area contributed by atoms with Crippen molar-refractivity contribution in [2.24, 2.45) is 0 Å². The molecule has 0 fully saturated rings. The van der Waals surface area contributed by atoms with Crippen molar-refractivity contribution >= 4 is 40.8 Å². The maximum atomic E-state index is 11.0. The Kier molecular flexibility index (Phi) is 5.16. The molecular weight excluding hydrogens is 236 g/mol. The van der Waals surface area contributed by atoms with Crippen LogP contribution in [0.15, 0.2) is 11.6 Å². The predicted molar refractivity (Wildman–Crippen MR) is 50.6 cm³/mol. The molecule has 0 unspecified atom stereocenters. The molecule has 13 heavy (non-hydrogen) atoms. The van der Waals surface area contributed by atoms with Crippen LogP contribution in [0.2, 0.25) is 0 Å². The predicted octanol–water partition coefficient (Wildman–Crippen LogP) is 2.37. The van der Waals surface area contributed by atoms with Crippen molar-refractivity contribution in [3.05, 3.63) is 11.6 Å². The first-order valence-corrected chi connectivity index (χ1v) is 4.41. The maximum absolute atomic E-state index is 11.0. The molecule has 0 aliphatic carbocycles. The Morgan fingerprint density at radius 2 is 2.15 bits per heavy atom. The number of halogens is 3. The van der Waals surface area contributed by atoms with Crippen molar-refractivity contribution in [3.63, 3.8) is 0 Å². The summed E-state index contributed by atoms with van der Waals surface area (Å²) < 4.78 is 2.77. The van der Waals surface area contributed by atoms with E-state index < -0.39 is 9.76 Å². The zero-order chi connectivity index (χ0) is 10.5. The standard InChI is InChI=1S/C7H6Cl3NO2/c1-2-13-6(12)5(4-11)3-7(8,9)10/h3H,2H2,1H3/b5-3-. The van der Waals surface area contributed by atoms with Gasteiger partial charge in [0.25, 0.3) is 0 Å². The van der Waals surface area contributed by atoms with E-state index in [0.717, 1.165) is 6.08 Å². The number of ether oxygens (including phenoxy) is 1. The SMILES string of the molecule is CCOC(=O)/C(C#N)=C\C(Cl)(Cl)Cl. The van der Waals surface area contributed by atoms with Crippen LogP contribution in [0.1, 0.15) is 6.92 Å². The van der Waals surface area contributed by atoms with Gasteiger partial charge >= 0.3 is 5.97 Å². The van der Waals surface area contributed by atoms with Gasteiger partial charge in [0, 0.05) is 0 Å². The summed E-state index contributed by atoms with van der Waals surface area (Å²) >= 11 is 16.0. The maximum Gasteiger partial charge on any atom is 0.348 e. The van der Waals surface area contributed by atoms with Gasteiger partial charge < -0.3 is 4.74 Å². The zero-order valence-corrected chi connectivity index (χ0v) is 8.95. The number of rotatable bonds is 2. The third-order valence-corrected chi connectivity index (χ3v) is 1.25. The van der Waals surface area contributed by atoms with E-state index in [9.17, 15) is 4.79 Å². The molecular formula is C7H6Cl3NO2. The molecule has 6 heteroatoms. The molecule has 0 aromatic carbocycles. The van der Waals surface area contributed by atoms with Crippen LogP contribution in [0.5, 0.6) is 0 Å². The first kappa shape index (κ1) is 12.6. The van der Waals surface area contributed by atoms with Gasteiger partial charge in [-0.2, -0.15) is 5.26 Å². The summed E-state index contributed by atoms with van der Waals surface area (Å²) in [7, 11) is 0. The van der Waals surface area contributed by atoms with Crippen LogP contribution >= 0.6 is 34.8 Å². The van der Waals surface area contributed by atoms with Gasteiger partial charge in [0.05, 0.1) is 6.61 Å². The highest BCUT2D eigenvalue weighted by Crippen LogP contribution is 2.28. The number of nitriles is 1. The Morgan fingerprint density at radius 1 is 1.62 bits per heavy atom. The van der Waals surface area contributed by atoms with Crippen molar-refractivity contribution in [2.75, 3.05) is 6.61 Å². The number of carbonyl (C=O) groups excluding carboxylic acids is 1. The number of alkyl halides is 3. The fraction of sp³-hybridized carbons (Fsp3) is 0.429. The molecule has 0 spiro atoms. The molecule has 0 bridgehead atoms. The second kappa shape index (κ2) is 5.33. The number of esters is 1. The molecule has 0 radical (unpaired) electrons. The number of nitrogens with zero attached hydrogens (tertiary/aromatic N) is 1. The van der Waals surface area contributed by atoms with Crippen molar-refractivity contribution in [1.29, 1.82) is 5.26 Å². The van der Waals surface area contributed by atoms with Gasteiger partial charge in [-0.05, 0) is 13.0 Å². The molecule has 0 amide bonds. The third kappa shape index (κ3) is 5.75. The number of carbonyl (C=O) groups is 1. The first-order valence-electron chi connectivity index (χ1n) is 3.27. The first-order chi connectivity index (χ1) is 5.90.